The van der Waals surface area contributed by atoms with Gasteiger partial charge in [0.1, 0.15) is 16.6 Å². The molecule has 54 heavy (non-hydrogen) atoms. The molecule has 0 unspecified atom stereocenters. The van der Waals surface area contributed by atoms with Crippen molar-refractivity contribution in [1.82, 2.24) is 4.90 Å². The van der Waals surface area contributed by atoms with Crippen LogP contribution in [0.5, 0.6) is 0 Å². The van der Waals surface area contributed by atoms with Gasteiger partial charge in [-0.2, -0.15) is 0 Å². The van der Waals surface area contributed by atoms with Gasteiger partial charge in [0.05, 0.1) is 12.1 Å². The molecule has 1 aliphatic carbocycles. The Bertz CT molecular complexity index is 1650. The highest BCUT2D eigenvalue weighted by atomic mass is 16.3. The lowest BCUT2D eigenvalue weighted by molar-refractivity contribution is -0.171. The Morgan fingerprint density at radius 2 is 0.852 bits per heavy atom. The van der Waals surface area contributed by atoms with Crippen molar-refractivity contribution in [3.63, 3.8) is 0 Å². The molecule has 0 aromatic heterocycles. The molecule has 1 aliphatic rings. The summed E-state index contributed by atoms with van der Waals surface area (Å²) in [6, 6.07) is 29.6. The average Bonchev–Trinajstić information content (AvgIpc) is 3.14. The van der Waals surface area contributed by atoms with E-state index >= 15 is 4.79 Å². The van der Waals surface area contributed by atoms with Gasteiger partial charge in [-0.3, -0.25) is 9.59 Å². The fourth-order valence-electron chi connectivity index (χ4n) is 8.67. The molecule has 2 amide bonds. The Morgan fingerprint density at radius 3 is 1.09 bits per heavy atom. The number of hydrogen-bond acceptors (Lipinski definition) is 4. The second-order valence-corrected chi connectivity index (χ2v) is 17.0. The van der Waals surface area contributed by atoms with Gasteiger partial charge < -0.3 is 20.8 Å². The summed E-state index contributed by atoms with van der Waals surface area (Å²) in [6.45, 7) is 16.4. The van der Waals surface area contributed by atoms with Crippen LogP contribution in [0, 0.1) is 44.9 Å². The molecule has 6 heteroatoms. The van der Waals surface area contributed by atoms with Gasteiger partial charge in [-0.15, -0.1) is 0 Å². The first-order valence-electron chi connectivity index (χ1n) is 19.9. The zero-order chi connectivity index (χ0) is 39.4. The van der Waals surface area contributed by atoms with Gasteiger partial charge in [0, 0.05) is 0 Å². The topological polar surface area (TPSA) is 104 Å². The number of nitrogens with two attached hydrogens (primary N) is 1. The molecule has 1 fully saturated rings. The monoisotopic (exact) mass is 730 g/mol. The van der Waals surface area contributed by atoms with Crippen LogP contribution in [0.2, 0.25) is 0 Å². The van der Waals surface area contributed by atoms with E-state index in [0.29, 0.717) is 60.8 Å². The molecule has 0 spiro atoms. The zero-order valence-corrected chi connectivity index (χ0v) is 33.7. The van der Waals surface area contributed by atoms with Gasteiger partial charge in [0.2, 0.25) is 11.8 Å². The highest BCUT2D eigenvalue weighted by Gasteiger charge is 2.58. The van der Waals surface area contributed by atoms with Crippen molar-refractivity contribution in [3.05, 3.63) is 142 Å². The van der Waals surface area contributed by atoms with Crippen molar-refractivity contribution >= 4 is 11.8 Å². The van der Waals surface area contributed by atoms with Crippen molar-refractivity contribution in [2.24, 2.45) is 23.0 Å². The van der Waals surface area contributed by atoms with E-state index in [1.807, 2.05) is 125 Å². The number of rotatable bonds is 14. The lowest BCUT2D eigenvalue weighted by Crippen LogP contribution is -2.67. The maximum Gasteiger partial charge on any atom is 0.239 e. The predicted octanol–water partition coefficient (Wildman–Crippen LogP) is 9.19. The van der Waals surface area contributed by atoms with E-state index in [4.69, 9.17) is 5.73 Å². The molecule has 0 heterocycles. The number of aliphatic hydroxyl groups is 2. The van der Waals surface area contributed by atoms with Crippen molar-refractivity contribution < 1.29 is 19.8 Å². The number of amides is 2. The fourth-order valence-corrected chi connectivity index (χ4v) is 8.67. The van der Waals surface area contributed by atoms with E-state index in [1.165, 1.54) is 0 Å². The molecule has 1 saturated carbocycles. The van der Waals surface area contributed by atoms with Crippen LogP contribution in [-0.4, -0.2) is 39.0 Å². The summed E-state index contributed by atoms with van der Waals surface area (Å²) in [5.74, 6) is -1.04. The van der Waals surface area contributed by atoms with Gasteiger partial charge in [0.25, 0.3) is 0 Å². The van der Waals surface area contributed by atoms with Crippen LogP contribution in [0.1, 0.15) is 117 Å². The number of carbonyl (C=O) groups excluding carboxylic acids is 2. The predicted molar refractivity (Wildman–Crippen MR) is 219 cm³/mol. The van der Waals surface area contributed by atoms with Crippen LogP contribution >= 0.6 is 0 Å². The number of benzene rings is 4. The molecular weight excluding hydrogens is 669 g/mol. The smallest absolute Gasteiger partial charge is 0.239 e. The molecule has 4 aromatic carbocycles. The lowest BCUT2D eigenvalue weighted by Gasteiger charge is -2.54. The second-order valence-electron chi connectivity index (χ2n) is 17.0. The van der Waals surface area contributed by atoms with Crippen LogP contribution in [0.15, 0.2) is 97.1 Å². The standard InChI is InChI=1S/C48H62N2O4/c1-32(2)30-42(47(53,38-20-12-34(5)13-21-38)39-22-14-35(6)15-23-39)50(45(52)46(44(49)51)28-10-9-11-29-46)43(31-33(3)4)48(54,40-24-16-36(7)17-25-40)41-26-18-37(8)19-27-41/h12-27,32-33,42-43,53-54H,9-11,28-31H2,1-8H3,(H2,49,51)/t42-,43-/m1/s1. The second kappa shape index (κ2) is 16.6. The molecule has 0 aliphatic heterocycles. The van der Waals surface area contributed by atoms with Crippen LogP contribution < -0.4 is 5.73 Å². The molecule has 6 nitrogen and oxygen atoms in total. The first-order valence-corrected chi connectivity index (χ1v) is 19.9. The van der Waals surface area contributed by atoms with E-state index in [1.54, 1.807) is 4.90 Å². The van der Waals surface area contributed by atoms with E-state index in [-0.39, 0.29) is 11.8 Å². The van der Waals surface area contributed by atoms with Crippen LogP contribution in [-0.2, 0) is 20.8 Å². The highest BCUT2D eigenvalue weighted by Crippen LogP contribution is 2.49. The first kappa shape index (κ1) is 40.9. The van der Waals surface area contributed by atoms with E-state index in [9.17, 15) is 15.0 Å². The van der Waals surface area contributed by atoms with E-state index in [2.05, 4.69) is 27.7 Å². The highest BCUT2D eigenvalue weighted by molar-refractivity contribution is 6.05. The van der Waals surface area contributed by atoms with E-state index < -0.39 is 40.5 Å². The summed E-state index contributed by atoms with van der Waals surface area (Å²) in [5, 5.41) is 27.7. The van der Waals surface area contributed by atoms with Crippen molar-refractivity contribution in [3.8, 4) is 0 Å². The minimum absolute atomic E-state index is 0.00940. The molecule has 0 bridgehead atoms. The number of aryl methyl sites for hydroxylation is 4. The van der Waals surface area contributed by atoms with Gasteiger partial charge in [-0.1, -0.05) is 166 Å². The minimum atomic E-state index is -1.74. The van der Waals surface area contributed by atoms with Gasteiger partial charge in [-0.25, -0.2) is 0 Å². The van der Waals surface area contributed by atoms with Crippen LogP contribution in [0.4, 0.5) is 0 Å². The summed E-state index contributed by atoms with van der Waals surface area (Å²) < 4.78 is 0. The van der Waals surface area contributed by atoms with Gasteiger partial charge in [-0.05, 0) is 87.5 Å². The molecule has 0 saturated heterocycles. The molecule has 288 valence electrons. The summed E-state index contributed by atoms with van der Waals surface area (Å²) >= 11 is 0. The van der Waals surface area contributed by atoms with Crippen LogP contribution in [0.25, 0.3) is 0 Å². The molecule has 5 rings (SSSR count). The molecular formula is C48H62N2O4. The molecule has 4 aromatic rings. The van der Waals surface area contributed by atoms with Crippen molar-refractivity contribution in [2.45, 2.75) is 124 Å². The van der Waals surface area contributed by atoms with Gasteiger partial charge in [0.15, 0.2) is 0 Å². The van der Waals surface area contributed by atoms with Crippen LogP contribution in [0.3, 0.4) is 0 Å². The number of nitrogens with zero attached hydrogens (tertiary/aromatic N) is 1. The molecule has 2 atom stereocenters. The lowest BCUT2D eigenvalue weighted by atomic mass is 9.68. The quantitative estimate of drug-likeness (QED) is 0.113. The summed E-state index contributed by atoms with van der Waals surface area (Å²) in [5.41, 5.74) is 8.08. The summed E-state index contributed by atoms with van der Waals surface area (Å²) in [6.07, 6.45) is 3.68. The number of primary amides is 1. The maximum absolute atomic E-state index is 16.1. The molecule has 4 N–H and O–H groups in total. The van der Waals surface area contributed by atoms with Gasteiger partial charge >= 0.3 is 0 Å². The normalized spacial score (nSPS) is 15.9. The Morgan fingerprint density at radius 1 is 0.574 bits per heavy atom. The maximum atomic E-state index is 16.1. The third-order valence-electron chi connectivity index (χ3n) is 11.8. The summed E-state index contributed by atoms with van der Waals surface area (Å²) in [7, 11) is 0. The van der Waals surface area contributed by atoms with E-state index in [0.717, 1.165) is 28.7 Å². The Labute approximate surface area is 323 Å². The molecule has 0 radical (unpaired) electrons. The third kappa shape index (κ3) is 8.06. The first-order chi connectivity index (χ1) is 25.5. The summed E-state index contributed by atoms with van der Waals surface area (Å²) in [4.78, 5) is 31.8. The Hall–Kier alpha value is -4.26. The zero-order valence-electron chi connectivity index (χ0n) is 33.7. The fraction of sp³-hybridized carbons (Fsp3) is 0.458. The largest absolute Gasteiger partial charge is 0.378 e. The Balaban J connectivity index is 1.95. The Kier molecular flexibility index (Phi) is 12.6. The minimum Gasteiger partial charge on any atom is -0.378 e. The van der Waals surface area contributed by atoms with Crippen molar-refractivity contribution in [1.29, 1.82) is 0 Å². The number of carbonyl (C=O) groups is 2. The number of hydrogen-bond donors (Lipinski definition) is 3. The van der Waals surface area contributed by atoms with Crippen molar-refractivity contribution in [2.75, 3.05) is 0 Å². The SMILES string of the molecule is Cc1ccc(C(O)(c2ccc(C)cc2)[C@@H](CC(C)C)N(C(=O)C2(C(N)=O)CCCCC2)[C@H](CC(C)C)C(O)(c2ccc(C)cc2)c2ccc(C)cc2)cc1. The average molecular weight is 731 g/mol. The third-order valence-corrected chi connectivity index (χ3v) is 11.8.